The molecule has 0 aromatic carbocycles. The van der Waals surface area contributed by atoms with E-state index < -0.39 is 0 Å². The smallest absolute Gasteiger partial charge is 0.224 e. The topological polar surface area (TPSA) is 58.4 Å². The standard InChI is InChI=1S/C10H21N3O/c1-8(6-11)10(14)12-9-4-3-5-13(2)7-9/h8-9H,3-7,11H2,1-2H3,(H,12,14). The molecule has 0 spiro atoms. The fraction of sp³-hybridized carbons (Fsp3) is 0.900. The Bertz CT molecular complexity index is 196. The van der Waals surface area contributed by atoms with E-state index in [1.54, 1.807) is 0 Å². The Morgan fingerprint density at radius 2 is 2.43 bits per heavy atom. The van der Waals surface area contributed by atoms with E-state index in [1.165, 1.54) is 6.42 Å². The van der Waals surface area contributed by atoms with Gasteiger partial charge in [0.1, 0.15) is 0 Å². The average Bonchev–Trinajstić information content (AvgIpc) is 2.16. The molecule has 2 atom stereocenters. The van der Waals surface area contributed by atoms with Gasteiger partial charge in [-0.1, -0.05) is 6.92 Å². The van der Waals surface area contributed by atoms with Crippen molar-refractivity contribution < 1.29 is 4.79 Å². The first-order chi connectivity index (χ1) is 6.63. The second kappa shape index (κ2) is 5.32. The molecule has 0 saturated carbocycles. The molecule has 1 fully saturated rings. The molecule has 4 nitrogen and oxygen atoms in total. The number of hydrogen-bond acceptors (Lipinski definition) is 3. The van der Waals surface area contributed by atoms with Gasteiger partial charge in [0.2, 0.25) is 5.91 Å². The van der Waals surface area contributed by atoms with Crippen molar-refractivity contribution in [2.45, 2.75) is 25.8 Å². The van der Waals surface area contributed by atoms with Crippen LogP contribution < -0.4 is 11.1 Å². The van der Waals surface area contributed by atoms with Gasteiger partial charge in [0.15, 0.2) is 0 Å². The molecule has 1 amide bonds. The van der Waals surface area contributed by atoms with Crippen molar-refractivity contribution in [2.24, 2.45) is 11.7 Å². The first-order valence-electron chi connectivity index (χ1n) is 5.32. The van der Waals surface area contributed by atoms with Crippen LogP contribution in [0.15, 0.2) is 0 Å². The molecule has 1 rings (SSSR count). The molecule has 0 bridgehead atoms. The van der Waals surface area contributed by atoms with Crippen LogP contribution in [-0.4, -0.2) is 43.5 Å². The molecule has 0 aromatic heterocycles. The SMILES string of the molecule is CC(CN)C(=O)NC1CCCN(C)C1. The van der Waals surface area contributed by atoms with Gasteiger partial charge >= 0.3 is 0 Å². The summed E-state index contributed by atoms with van der Waals surface area (Å²) in [7, 11) is 2.09. The van der Waals surface area contributed by atoms with Crippen LogP contribution in [0, 0.1) is 5.92 Å². The zero-order valence-electron chi connectivity index (χ0n) is 9.12. The van der Waals surface area contributed by atoms with Crippen LogP contribution in [0.2, 0.25) is 0 Å². The van der Waals surface area contributed by atoms with Crippen molar-refractivity contribution in [2.75, 3.05) is 26.7 Å². The monoisotopic (exact) mass is 199 g/mol. The highest BCUT2D eigenvalue weighted by Gasteiger charge is 2.20. The molecular formula is C10H21N3O. The first-order valence-corrected chi connectivity index (χ1v) is 5.32. The third kappa shape index (κ3) is 3.27. The molecule has 0 aromatic rings. The molecule has 1 aliphatic heterocycles. The number of nitrogens with two attached hydrogens (primary N) is 1. The maximum atomic E-state index is 11.5. The summed E-state index contributed by atoms with van der Waals surface area (Å²) in [4.78, 5) is 13.8. The fourth-order valence-electron chi connectivity index (χ4n) is 1.73. The molecule has 82 valence electrons. The highest BCUT2D eigenvalue weighted by atomic mass is 16.1. The van der Waals surface area contributed by atoms with Gasteiger partial charge in [0, 0.05) is 25.0 Å². The Balaban J connectivity index is 2.32. The highest BCUT2D eigenvalue weighted by molar-refractivity contribution is 5.78. The molecule has 0 aliphatic carbocycles. The van der Waals surface area contributed by atoms with Crippen LogP contribution >= 0.6 is 0 Å². The lowest BCUT2D eigenvalue weighted by Gasteiger charge is -2.30. The lowest BCUT2D eigenvalue weighted by molar-refractivity contribution is -0.125. The van der Waals surface area contributed by atoms with E-state index >= 15 is 0 Å². The minimum atomic E-state index is -0.0674. The normalized spacial score (nSPS) is 25.8. The van der Waals surface area contributed by atoms with Gasteiger partial charge < -0.3 is 16.0 Å². The largest absolute Gasteiger partial charge is 0.352 e. The zero-order valence-corrected chi connectivity index (χ0v) is 9.12. The van der Waals surface area contributed by atoms with E-state index in [2.05, 4.69) is 17.3 Å². The van der Waals surface area contributed by atoms with Crippen molar-refractivity contribution in [3.63, 3.8) is 0 Å². The predicted molar refractivity (Wildman–Crippen MR) is 56.9 cm³/mol. The quantitative estimate of drug-likeness (QED) is 0.661. The highest BCUT2D eigenvalue weighted by Crippen LogP contribution is 2.08. The van der Waals surface area contributed by atoms with Crippen LogP contribution in [-0.2, 0) is 4.79 Å². The van der Waals surface area contributed by atoms with E-state index in [9.17, 15) is 4.79 Å². The van der Waals surface area contributed by atoms with Crippen LogP contribution in [0.1, 0.15) is 19.8 Å². The number of carbonyl (C=O) groups excluding carboxylic acids is 1. The number of amides is 1. The third-order valence-electron chi connectivity index (χ3n) is 2.77. The Hall–Kier alpha value is -0.610. The van der Waals surface area contributed by atoms with Gasteiger partial charge in [-0.05, 0) is 26.4 Å². The lowest BCUT2D eigenvalue weighted by Crippen LogP contribution is -2.48. The van der Waals surface area contributed by atoms with Crippen LogP contribution in [0.3, 0.4) is 0 Å². The number of rotatable bonds is 3. The number of likely N-dealkylation sites (N-methyl/N-ethyl adjacent to an activating group) is 1. The number of piperidine rings is 1. The minimum absolute atomic E-state index is 0.0674. The Labute approximate surface area is 85.8 Å². The van der Waals surface area contributed by atoms with Crippen LogP contribution in [0.4, 0.5) is 0 Å². The molecule has 1 saturated heterocycles. The van der Waals surface area contributed by atoms with Crippen molar-refractivity contribution in [1.82, 2.24) is 10.2 Å². The molecule has 0 radical (unpaired) electrons. The number of carbonyl (C=O) groups is 1. The summed E-state index contributed by atoms with van der Waals surface area (Å²) in [6.07, 6.45) is 2.26. The molecule has 1 aliphatic rings. The summed E-state index contributed by atoms with van der Waals surface area (Å²) in [6, 6.07) is 0.315. The summed E-state index contributed by atoms with van der Waals surface area (Å²) in [5.41, 5.74) is 5.43. The maximum absolute atomic E-state index is 11.5. The molecule has 2 unspecified atom stereocenters. The van der Waals surface area contributed by atoms with Gasteiger partial charge in [-0.25, -0.2) is 0 Å². The maximum Gasteiger partial charge on any atom is 0.224 e. The summed E-state index contributed by atoms with van der Waals surface area (Å²) in [5, 5.41) is 3.04. The van der Waals surface area contributed by atoms with Crippen molar-refractivity contribution in [3.8, 4) is 0 Å². The summed E-state index contributed by atoms with van der Waals surface area (Å²) in [5.74, 6) is 0.0232. The molecule has 14 heavy (non-hydrogen) atoms. The van der Waals surface area contributed by atoms with Gasteiger partial charge in [-0.2, -0.15) is 0 Å². The van der Waals surface area contributed by atoms with Crippen molar-refractivity contribution in [1.29, 1.82) is 0 Å². The number of nitrogens with zero attached hydrogens (tertiary/aromatic N) is 1. The Morgan fingerprint density at radius 3 is 3.00 bits per heavy atom. The zero-order chi connectivity index (χ0) is 10.6. The van der Waals surface area contributed by atoms with E-state index in [0.717, 1.165) is 19.5 Å². The molecular weight excluding hydrogens is 178 g/mol. The van der Waals surface area contributed by atoms with E-state index in [-0.39, 0.29) is 11.8 Å². The van der Waals surface area contributed by atoms with Crippen LogP contribution in [0.5, 0.6) is 0 Å². The van der Waals surface area contributed by atoms with Gasteiger partial charge in [0.05, 0.1) is 0 Å². The molecule has 1 heterocycles. The summed E-state index contributed by atoms with van der Waals surface area (Å²) >= 11 is 0. The van der Waals surface area contributed by atoms with Crippen LogP contribution in [0.25, 0.3) is 0 Å². The summed E-state index contributed by atoms with van der Waals surface area (Å²) < 4.78 is 0. The Kier molecular flexibility index (Phi) is 4.35. The lowest BCUT2D eigenvalue weighted by atomic mass is 10.0. The summed E-state index contributed by atoms with van der Waals surface area (Å²) in [6.45, 7) is 4.39. The van der Waals surface area contributed by atoms with Crippen molar-refractivity contribution >= 4 is 5.91 Å². The van der Waals surface area contributed by atoms with E-state index in [0.29, 0.717) is 12.6 Å². The van der Waals surface area contributed by atoms with E-state index in [1.807, 2.05) is 6.92 Å². The minimum Gasteiger partial charge on any atom is -0.352 e. The van der Waals surface area contributed by atoms with Gasteiger partial charge in [0.25, 0.3) is 0 Å². The van der Waals surface area contributed by atoms with Gasteiger partial charge in [-0.15, -0.1) is 0 Å². The average molecular weight is 199 g/mol. The Morgan fingerprint density at radius 1 is 1.71 bits per heavy atom. The number of hydrogen-bond donors (Lipinski definition) is 2. The second-order valence-corrected chi connectivity index (χ2v) is 4.25. The second-order valence-electron chi connectivity index (χ2n) is 4.25. The number of likely N-dealkylation sites (tertiary alicyclic amines) is 1. The van der Waals surface area contributed by atoms with E-state index in [4.69, 9.17) is 5.73 Å². The molecule has 3 N–H and O–H groups in total. The number of nitrogens with one attached hydrogen (secondary N) is 1. The molecule has 4 heteroatoms. The first kappa shape index (κ1) is 11.5. The third-order valence-corrected chi connectivity index (χ3v) is 2.77. The van der Waals surface area contributed by atoms with Gasteiger partial charge in [-0.3, -0.25) is 4.79 Å². The predicted octanol–water partition coefficient (Wildman–Crippen LogP) is -0.208. The van der Waals surface area contributed by atoms with Crippen molar-refractivity contribution in [3.05, 3.63) is 0 Å². The fourth-order valence-corrected chi connectivity index (χ4v) is 1.73.